The highest BCUT2D eigenvalue weighted by molar-refractivity contribution is 5.96. The van der Waals surface area contributed by atoms with E-state index in [0.717, 1.165) is 44.9 Å². The van der Waals surface area contributed by atoms with E-state index in [1.807, 2.05) is 18.2 Å². The van der Waals surface area contributed by atoms with E-state index in [-0.39, 0.29) is 18.0 Å². The number of nitrogens with one attached hydrogen (secondary N) is 2. The number of anilines is 1. The smallest absolute Gasteiger partial charge is 0.254 e. The molecule has 0 bridgehead atoms. The molecule has 3 rings (SSSR count). The first-order valence-corrected chi connectivity index (χ1v) is 9.55. The fourth-order valence-corrected chi connectivity index (χ4v) is 3.21. The molecule has 154 valence electrons. The van der Waals surface area contributed by atoms with Gasteiger partial charge in [0.25, 0.3) is 5.91 Å². The average molecular weight is 402 g/mol. The lowest BCUT2D eigenvalue weighted by Crippen LogP contribution is -2.49. The molecule has 1 fully saturated rings. The van der Waals surface area contributed by atoms with Gasteiger partial charge in [-0.1, -0.05) is 18.2 Å². The summed E-state index contributed by atoms with van der Waals surface area (Å²) < 4.78 is 26.4. The van der Waals surface area contributed by atoms with Gasteiger partial charge >= 0.3 is 0 Å². The Balaban J connectivity index is 1.33. The third-order valence-electron chi connectivity index (χ3n) is 4.83. The number of halogens is 2. The first-order chi connectivity index (χ1) is 14.0. The van der Waals surface area contributed by atoms with Gasteiger partial charge in [-0.3, -0.25) is 14.5 Å². The largest absolute Gasteiger partial charge is 0.369 e. The topological polar surface area (TPSA) is 64.7 Å². The average Bonchev–Trinajstić information content (AvgIpc) is 2.73. The highest BCUT2D eigenvalue weighted by Crippen LogP contribution is 2.15. The Morgan fingerprint density at radius 2 is 1.66 bits per heavy atom. The van der Waals surface area contributed by atoms with Crippen LogP contribution in [0.1, 0.15) is 10.4 Å². The summed E-state index contributed by atoms with van der Waals surface area (Å²) >= 11 is 0. The van der Waals surface area contributed by atoms with E-state index >= 15 is 0 Å². The van der Waals surface area contributed by atoms with Gasteiger partial charge in [0.05, 0.1) is 12.1 Å². The maximum absolute atomic E-state index is 13.6. The Bertz CT molecular complexity index is 840. The predicted molar refractivity (Wildman–Crippen MR) is 107 cm³/mol. The second-order valence-electron chi connectivity index (χ2n) is 6.82. The van der Waals surface area contributed by atoms with Gasteiger partial charge in [0, 0.05) is 51.0 Å². The summed E-state index contributed by atoms with van der Waals surface area (Å²) in [6.07, 6.45) is 0. The minimum Gasteiger partial charge on any atom is -0.369 e. The molecule has 1 saturated heterocycles. The van der Waals surface area contributed by atoms with E-state index in [1.54, 1.807) is 0 Å². The summed E-state index contributed by atoms with van der Waals surface area (Å²) in [6.45, 7) is 4.59. The van der Waals surface area contributed by atoms with Crippen LogP contribution in [0.4, 0.5) is 14.5 Å². The molecule has 0 aromatic heterocycles. The minimum atomic E-state index is -0.961. The normalized spacial score (nSPS) is 14.5. The van der Waals surface area contributed by atoms with Gasteiger partial charge in [0.1, 0.15) is 11.6 Å². The van der Waals surface area contributed by atoms with Crippen molar-refractivity contribution in [2.45, 2.75) is 0 Å². The van der Waals surface area contributed by atoms with Gasteiger partial charge in [-0.25, -0.2) is 8.78 Å². The van der Waals surface area contributed by atoms with Crippen LogP contribution in [0, 0.1) is 11.6 Å². The first-order valence-electron chi connectivity index (χ1n) is 9.55. The molecular weight excluding hydrogens is 378 g/mol. The Morgan fingerprint density at radius 1 is 0.931 bits per heavy atom. The quantitative estimate of drug-likeness (QED) is 0.739. The Labute approximate surface area is 168 Å². The van der Waals surface area contributed by atoms with Crippen LogP contribution in [-0.4, -0.2) is 62.5 Å². The van der Waals surface area contributed by atoms with Crippen molar-refractivity contribution in [3.8, 4) is 0 Å². The molecule has 0 aliphatic carbocycles. The Hall–Kier alpha value is -3.00. The van der Waals surface area contributed by atoms with Crippen molar-refractivity contribution in [2.75, 3.05) is 50.7 Å². The molecule has 2 amide bonds. The van der Waals surface area contributed by atoms with E-state index in [2.05, 4.69) is 32.6 Å². The van der Waals surface area contributed by atoms with Crippen LogP contribution in [0.5, 0.6) is 0 Å². The monoisotopic (exact) mass is 402 g/mol. The van der Waals surface area contributed by atoms with Gasteiger partial charge in [-0.2, -0.15) is 0 Å². The van der Waals surface area contributed by atoms with Crippen molar-refractivity contribution in [3.63, 3.8) is 0 Å². The van der Waals surface area contributed by atoms with Crippen LogP contribution in [0.3, 0.4) is 0 Å². The highest BCUT2D eigenvalue weighted by Gasteiger charge is 2.17. The number of hydrogen-bond acceptors (Lipinski definition) is 4. The van der Waals surface area contributed by atoms with Crippen LogP contribution in [0.25, 0.3) is 0 Å². The second-order valence-corrected chi connectivity index (χ2v) is 6.82. The third-order valence-corrected chi connectivity index (χ3v) is 4.83. The molecule has 2 aromatic rings. The molecule has 6 nitrogen and oxygen atoms in total. The molecule has 0 atom stereocenters. The molecule has 0 spiro atoms. The minimum absolute atomic E-state index is 0.266. The molecule has 8 heteroatoms. The molecule has 0 unspecified atom stereocenters. The lowest BCUT2D eigenvalue weighted by molar-refractivity contribution is -0.120. The summed E-state index contributed by atoms with van der Waals surface area (Å²) in [5.74, 6) is -2.84. The van der Waals surface area contributed by atoms with Crippen LogP contribution in [-0.2, 0) is 4.79 Å². The van der Waals surface area contributed by atoms with Crippen molar-refractivity contribution in [1.82, 2.24) is 15.5 Å². The lowest BCUT2D eigenvalue weighted by atomic mass is 10.2. The number of rotatable bonds is 7. The fraction of sp³-hybridized carbons (Fsp3) is 0.333. The predicted octanol–water partition coefficient (Wildman–Crippen LogP) is 1.63. The van der Waals surface area contributed by atoms with Gasteiger partial charge in [0.15, 0.2) is 0 Å². The highest BCUT2D eigenvalue weighted by atomic mass is 19.1. The van der Waals surface area contributed by atoms with Crippen LogP contribution in [0.15, 0.2) is 48.5 Å². The zero-order valence-corrected chi connectivity index (χ0v) is 16.0. The van der Waals surface area contributed by atoms with Crippen molar-refractivity contribution >= 4 is 17.5 Å². The maximum Gasteiger partial charge on any atom is 0.254 e. The zero-order valence-electron chi connectivity index (χ0n) is 16.0. The molecular formula is C21H24F2N4O2. The van der Waals surface area contributed by atoms with E-state index in [4.69, 9.17) is 0 Å². The third kappa shape index (κ3) is 5.99. The van der Waals surface area contributed by atoms with Gasteiger partial charge in [0.2, 0.25) is 5.91 Å². The van der Waals surface area contributed by atoms with Crippen molar-refractivity contribution in [1.29, 1.82) is 0 Å². The number of carbonyl (C=O) groups is 2. The number of nitrogens with zero attached hydrogens (tertiary/aromatic N) is 2. The SMILES string of the molecule is O=C(CNC(=O)c1ccc(F)cc1F)NCCN1CCN(c2ccccc2)CC1. The number of piperazine rings is 1. The lowest BCUT2D eigenvalue weighted by Gasteiger charge is -2.36. The first kappa shape index (κ1) is 20.7. The molecule has 1 aliphatic heterocycles. The summed E-state index contributed by atoms with van der Waals surface area (Å²) in [5.41, 5.74) is 0.921. The summed E-state index contributed by atoms with van der Waals surface area (Å²) in [4.78, 5) is 28.4. The standard InChI is InChI=1S/C21H24F2N4O2/c22-16-6-7-18(19(23)14-16)21(29)25-15-20(28)24-8-9-26-10-12-27(13-11-26)17-4-2-1-3-5-17/h1-7,14H,8-13,15H2,(H,24,28)(H,25,29). The Morgan fingerprint density at radius 3 is 2.34 bits per heavy atom. The van der Waals surface area contributed by atoms with Gasteiger partial charge < -0.3 is 15.5 Å². The number of amides is 2. The van der Waals surface area contributed by atoms with Crippen LogP contribution < -0.4 is 15.5 Å². The number of carbonyl (C=O) groups excluding carboxylic acids is 2. The van der Waals surface area contributed by atoms with E-state index in [0.29, 0.717) is 12.6 Å². The van der Waals surface area contributed by atoms with E-state index in [9.17, 15) is 18.4 Å². The Kier molecular flexibility index (Phi) is 7.13. The number of benzene rings is 2. The van der Waals surface area contributed by atoms with E-state index < -0.39 is 17.5 Å². The van der Waals surface area contributed by atoms with Crippen LogP contribution >= 0.6 is 0 Å². The van der Waals surface area contributed by atoms with Crippen molar-refractivity contribution < 1.29 is 18.4 Å². The van der Waals surface area contributed by atoms with Crippen molar-refractivity contribution in [2.24, 2.45) is 0 Å². The molecule has 29 heavy (non-hydrogen) atoms. The molecule has 1 heterocycles. The summed E-state index contributed by atoms with van der Waals surface area (Å²) in [7, 11) is 0. The summed E-state index contributed by atoms with van der Waals surface area (Å²) in [5, 5.41) is 5.08. The van der Waals surface area contributed by atoms with Gasteiger partial charge in [-0.05, 0) is 24.3 Å². The molecule has 1 aliphatic rings. The van der Waals surface area contributed by atoms with E-state index in [1.165, 1.54) is 5.69 Å². The fourth-order valence-electron chi connectivity index (χ4n) is 3.21. The number of hydrogen-bond donors (Lipinski definition) is 2. The van der Waals surface area contributed by atoms with Crippen LogP contribution in [0.2, 0.25) is 0 Å². The summed E-state index contributed by atoms with van der Waals surface area (Å²) in [6, 6.07) is 12.9. The zero-order chi connectivity index (χ0) is 20.6. The maximum atomic E-state index is 13.6. The number of para-hydroxylation sites is 1. The molecule has 2 aromatic carbocycles. The molecule has 0 radical (unpaired) electrons. The second kappa shape index (κ2) is 9.97. The van der Waals surface area contributed by atoms with Crippen molar-refractivity contribution in [3.05, 3.63) is 65.7 Å². The van der Waals surface area contributed by atoms with Gasteiger partial charge in [-0.15, -0.1) is 0 Å². The molecule has 0 saturated carbocycles. The molecule has 2 N–H and O–H groups in total.